The zero-order chi connectivity index (χ0) is 14.2. The van der Waals surface area contributed by atoms with E-state index in [9.17, 15) is 8.78 Å². The lowest BCUT2D eigenvalue weighted by molar-refractivity contribution is -0.0506. The van der Waals surface area contributed by atoms with E-state index in [1.807, 2.05) is 19.1 Å². The molecular formula is C16H21F2NO. The van der Waals surface area contributed by atoms with Gasteiger partial charge in [-0.2, -0.15) is 8.78 Å². The van der Waals surface area contributed by atoms with Gasteiger partial charge in [0.1, 0.15) is 5.75 Å². The maximum atomic E-state index is 12.4. The Bertz CT molecular complexity index is 469. The van der Waals surface area contributed by atoms with E-state index >= 15 is 0 Å². The van der Waals surface area contributed by atoms with Gasteiger partial charge in [0.15, 0.2) is 0 Å². The smallest absolute Gasteiger partial charge is 0.387 e. The van der Waals surface area contributed by atoms with Crippen LogP contribution in [0.2, 0.25) is 0 Å². The molecule has 0 heterocycles. The minimum absolute atomic E-state index is 0.0289. The van der Waals surface area contributed by atoms with Crippen molar-refractivity contribution in [3.63, 3.8) is 0 Å². The monoisotopic (exact) mass is 281 g/mol. The molecule has 4 heteroatoms. The average Bonchev–Trinajstić information content (AvgIpc) is 3.27. The summed E-state index contributed by atoms with van der Waals surface area (Å²) < 4.78 is 29.4. The third-order valence-electron chi connectivity index (χ3n) is 4.70. The van der Waals surface area contributed by atoms with Crippen molar-refractivity contribution in [2.45, 2.75) is 45.3 Å². The molecule has 1 aromatic carbocycles. The Morgan fingerprint density at radius 3 is 2.60 bits per heavy atom. The predicted octanol–water partition coefficient (Wildman–Crippen LogP) is 4.13. The van der Waals surface area contributed by atoms with Crippen molar-refractivity contribution in [2.24, 2.45) is 11.3 Å². The number of ether oxygens (including phenoxy) is 1. The van der Waals surface area contributed by atoms with Gasteiger partial charge in [-0.15, -0.1) is 0 Å². The third kappa shape index (κ3) is 2.95. The minimum atomic E-state index is -2.77. The van der Waals surface area contributed by atoms with E-state index in [4.69, 9.17) is 0 Å². The standard InChI is InChI=1S/C16H21F2NO/c1-11(19-10-16(8-9-16)12-6-7-12)13-4-2-3-5-14(13)20-15(17)18/h2-5,11-12,15,19H,6-10H2,1H3. The lowest BCUT2D eigenvalue weighted by Crippen LogP contribution is -2.28. The average molecular weight is 281 g/mol. The Kier molecular flexibility index (Phi) is 3.67. The summed E-state index contributed by atoms with van der Waals surface area (Å²) in [5.41, 5.74) is 1.31. The van der Waals surface area contributed by atoms with E-state index < -0.39 is 6.61 Å². The fourth-order valence-electron chi connectivity index (χ4n) is 3.09. The van der Waals surface area contributed by atoms with E-state index in [-0.39, 0.29) is 11.8 Å². The molecule has 2 saturated carbocycles. The van der Waals surface area contributed by atoms with E-state index in [2.05, 4.69) is 10.1 Å². The molecular weight excluding hydrogens is 260 g/mol. The van der Waals surface area contributed by atoms with Gasteiger partial charge in [0.2, 0.25) is 0 Å². The summed E-state index contributed by atoms with van der Waals surface area (Å²) in [5, 5.41) is 3.51. The summed E-state index contributed by atoms with van der Waals surface area (Å²) in [6.45, 7) is 0.225. The highest BCUT2D eigenvalue weighted by Crippen LogP contribution is 2.61. The second-order valence-electron chi connectivity index (χ2n) is 6.16. The number of halogens is 2. The molecule has 2 fully saturated rings. The van der Waals surface area contributed by atoms with Crippen LogP contribution >= 0.6 is 0 Å². The van der Waals surface area contributed by atoms with Crippen LogP contribution in [0.25, 0.3) is 0 Å². The maximum absolute atomic E-state index is 12.4. The summed E-state index contributed by atoms with van der Waals surface area (Å²) in [6.07, 6.45) is 5.35. The quantitative estimate of drug-likeness (QED) is 0.811. The van der Waals surface area contributed by atoms with Crippen molar-refractivity contribution >= 4 is 0 Å². The first-order valence-electron chi connectivity index (χ1n) is 7.38. The molecule has 1 aromatic rings. The molecule has 1 N–H and O–H groups in total. The molecule has 20 heavy (non-hydrogen) atoms. The van der Waals surface area contributed by atoms with Crippen LogP contribution < -0.4 is 10.1 Å². The molecule has 1 unspecified atom stereocenters. The second-order valence-corrected chi connectivity index (χ2v) is 6.16. The van der Waals surface area contributed by atoms with Gasteiger partial charge in [-0.25, -0.2) is 0 Å². The Morgan fingerprint density at radius 2 is 2.00 bits per heavy atom. The zero-order valence-corrected chi connectivity index (χ0v) is 11.7. The van der Waals surface area contributed by atoms with E-state index in [0.29, 0.717) is 5.41 Å². The van der Waals surface area contributed by atoms with Crippen LogP contribution in [-0.2, 0) is 0 Å². The number of benzene rings is 1. The topological polar surface area (TPSA) is 21.3 Å². The molecule has 0 aromatic heterocycles. The Hall–Kier alpha value is -1.16. The lowest BCUT2D eigenvalue weighted by Gasteiger charge is -2.22. The molecule has 0 spiro atoms. The van der Waals surface area contributed by atoms with Crippen molar-refractivity contribution in [2.75, 3.05) is 6.54 Å². The summed E-state index contributed by atoms with van der Waals surface area (Å²) in [7, 11) is 0. The van der Waals surface area contributed by atoms with E-state index in [1.54, 1.807) is 12.1 Å². The molecule has 0 aliphatic heterocycles. The largest absolute Gasteiger partial charge is 0.434 e. The van der Waals surface area contributed by atoms with Gasteiger partial charge in [0, 0.05) is 18.2 Å². The molecule has 1 atom stereocenters. The fraction of sp³-hybridized carbons (Fsp3) is 0.625. The van der Waals surface area contributed by atoms with Gasteiger partial charge in [0.05, 0.1) is 0 Å². The minimum Gasteiger partial charge on any atom is -0.434 e. The highest BCUT2D eigenvalue weighted by molar-refractivity contribution is 5.35. The highest BCUT2D eigenvalue weighted by atomic mass is 19.3. The van der Waals surface area contributed by atoms with Crippen LogP contribution in [0.3, 0.4) is 0 Å². The van der Waals surface area contributed by atoms with Crippen LogP contribution in [0.1, 0.15) is 44.2 Å². The Morgan fingerprint density at radius 1 is 1.30 bits per heavy atom. The number of alkyl halides is 2. The number of hydrogen-bond donors (Lipinski definition) is 1. The van der Waals surface area contributed by atoms with Crippen molar-refractivity contribution in [1.29, 1.82) is 0 Å². The molecule has 0 radical (unpaired) electrons. The first-order valence-corrected chi connectivity index (χ1v) is 7.38. The number of rotatable bonds is 7. The molecule has 3 rings (SSSR count). The summed E-state index contributed by atoms with van der Waals surface area (Å²) >= 11 is 0. The number of para-hydroxylation sites is 1. The lowest BCUT2D eigenvalue weighted by atomic mass is 9.99. The van der Waals surface area contributed by atoms with E-state index in [1.165, 1.54) is 25.7 Å². The van der Waals surface area contributed by atoms with Crippen molar-refractivity contribution in [1.82, 2.24) is 5.32 Å². The van der Waals surface area contributed by atoms with Crippen LogP contribution in [0.5, 0.6) is 5.75 Å². The van der Waals surface area contributed by atoms with Crippen molar-refractivity contribution in [3.05, 3.63) is 29.8 Å². The molecule has 2 nitrogen and oxygen atoms in total. The molecule has 0 amide bonds. The molecule has 0 bridgehead atoms. The second kappa shape index (κ2) is 5.32. The van der Waals surface area contributed by atoms with Gasteiger partial charge in [-0.1, -0.05) is 18.2 Å². The van der Waals surface area contributed by atoms with Gasteiger partial charge < -0.3 is 10.1 Å². The number of nitrogens with one attached hydrogen (secondary N) is 1. The maximum Gasteiger partial charge on any atom is 0.387 e. The van der Waals surface area contributed by atoms with Gasteiger partial charge >= 0.3 is 6.61 Å². The SMILES string of the molecule is CC(NCC1(C2CC2)CC1)c1ccccc1OC(F)F. The Labute approximate surface area is 118 Å². The van der Waals surface area contributed by atoms with Crippen molar-refractivity contribution < 1.29 is 13.5 Å². The van der Waals surface area contributed by atoms with Crippen LogP contribution in [0, 0.1) is 11.3 Å². The first kappa shape index (κ1) is 13.8. The summed E-state index contributed by atoms with van der Waals surface area (Å²) in [6, 6.07) is 7.07. The highest BCUT2D eigenvalue weighted by Gasteiger charge is 2.53. The fourth-order valence-corrected chi connectivity index (χ4v) is 3.09. The molecule has 2 aliphatic rings. The van der Waals surface area contributed by atoms with E-state index in [0.717, 1.165) is 18.0 Å². The normalized spacial score (nSPS) is 21.8. The zero-order valence-electron chi connectivity index (χ0n) is 11.7. The third-order valence-corrected chi connectivity index (χ3v) is 4.70. The van der Waals surface area contributed by atoms with Crippen LogP contribution in [0.15, 0.2) is 24.3 Å². The van der Waals surface area contributed by atoms with Gasteiger partial charge in [-0.3, -0.25) is 0 Å². The van der Waals surface area contributed by atoms with Gasteiger partial charge in [0.25, 0.3) is 0 Å². The van der Waals surface area contributed by atoms with Crippen molar-refractivity contribution in [3.8, 4) is 5.75 Å². The molecule has 2 aliphatic carbocycles. The number of hydrogen-bond acceptors (Lipinski definition) is 2. The molecule has 0 saturated heterocycles. The molecule has 110 valence electrons. The van der Waals surface area contributed by atoms with Gasteiger partial charge in [-0.05, 0) is 50.0 Å². The van der Waals surface area contributed by atoms with Crippen LogP contribution in [0.4, 0.5) is 8.78 Å². The van der Waals surface area contributed by atoms with Crippen LogP contribution in [-0.4, -0.2) is 13.2 Å². The summed E-state index contributed by atoms with van der Waals surface area (Å²) in [5.74, 6) is 1.17. The summed E-state index contributed by atoms with van der Waals surface area (Å²) in [4.78, 5) is 0. The predicted molar refractivity (Wildman–Crippen MR) is 73.9 cm³/mol. The first-order chi connectivity index (χ1) is 9.61. The Balaban J connectivity index is 1.62.